The first-order valence-corrected chi connectivity index (χ1v) is 12.0. The predicted molar refractivity (Wildman–Crippen MR) is 132 cm³/mol. The number of likely N-dealkylation sites (tertiary alicyclic amines) is 1. The van der Waals surface area contributed by atoms with Crippen LogP contribution in [0.1, 0.15) is 32.8 Å². The summed E-state index contributed by atoms with van der Waals surface area (Å²) in [5, 5.41) is 12.7. The van der Waals surface area contributed by atoms with Gasteiger partial charge < -0.3 is 19.9 Å². The molecule has 4 rings (SSSR count). The standard InChI is InChI=1S/C27H33FN4O2/c1-18(2)29-26(34)17-32-16-24(30-27(32)22-8-9-23(28)25(33)14-22)21-6-4-20(5-7-21)11-13-31-12-10-19(3)15-31/h4-9,14,16,18-19,33H,10-13,15,17H2,1-3H3,(H,29,34). The Balaban J connectivity index is 1.56. The molecule has 3 aromatic rings. The Morgan fingerprint density at radius 3 is 2.59 bits per heavy atom. The number of nitrogens with zero attached hydrogens (tertiary/aromatic N) is 3. The lowest BCUT2D eigenvalue weighted by molar-refractivity contribution is -0.122. The minimum absolute atomic E-state index is 0.0186. The third-order valence-corrected chi connectivity index (χ3v) is 6.22. The van der Waals surface area contributed by atoms with Crippen molar-refractivity contribution >= 4 is 5.91 Å². The zero-order valence-corrected chi connectivity index (χ0v) is 20.1. The molecule has 7 heteroatoms. The van der Waals surface area contributed by atoms with Gasteiger partial charge in [0.1, 0.15) is 12.4 Å². The van der Waals surface area contributed by atoms with E-state index in [1.54, 1.807) is 10.6 Å². The minimum atomic E-state index is -0.696. The number of rotatable bonds is 8. The van der Waals surface area contributed by atoms with E-state index in [0.717, 1.165) is 30.1 Å². The van der Waals surface area contributed by atoms with Crippen molar-refractivity contribution < 1.29 is 14.3 Å². The Kier molecular flexibility index (Phi) is 7.32. The smallest absolute Gasteiger partial charge is 0.240 e. The van der Waals surface area contributed by atoms with Crippen molar-refractivity contribution in [3.63, 3.8) is 0 Å². The number of nitrogens with one attached hydrogen (secondary N) is 1. The lowest BCUT2D eigenvalue weighted by Gasteiger charge is -2.15. The molecular weight excluding hydrogens is 431 g/mol. The molecule has 1 amide bonds. The summed E-state index contributed by atoms with van der Waals surface area (Å²) in [6, 6.07) is 12.5. The van der Waals surface area contributed by atoms with E-state index in [4.69, 9.17) is 4.98 Å². The maximum Gasteiger partial charge on any atom is 0.240 e. The van der Waals surface area contributed by atoms with Crippen LogP contribution in [0.15, 0.2) is 48.7 Å². The molecule has 2 heterocycles. The fourth-order valence-electron chi connectivity index (χ4n) is 4.44. The van der Waals surface area contributed by atoms with Crippen molar-refractivity contribution in [1.82, 2.24) is 19.8 Å². The molecule has 1 aliphatic heterocycles. The van der Waals surface area contributed by atoms with Crippen molar-refractivity contribution in [2.45, 2.75) is 46.2 Å². The molecule has 0 bridgehead atoms. The van der Waals surface area contributed by atoms with Gasteiger partial charge in [-0.05, 0) is 62.9 Å². The number of carbonyl (C=O) groups is 1. The van der Waals surface area contributed by atoms with Gasteiger partial charge in [0.2, 0.25) is 5.91 Å². The second kappa shape index (κ2) is 10.4. The number of halogens is 1. The molecule has 1 atom stereocenters. The normalized spacial score (nSPS) is 16.3. The lowest BCUT2D eigenvalue weighted by Crippen LogP contribution is -2.33. The molecule has 2 aromatic carbocycles. The topological polar surface area (TPSA) is 70.4 Å². The molecular formula is C27H33FN4O2. The van der Waals surface area contributed by atoms with E-state index >= 15 is 0 Å². The number of imidazole rings is 1. The monoisotopic (exact) mass is 464 g/mol. The second-order valence-electron chi connectivity index (χ2n) is 9.61. The molecule has 1 aromatic heterocycles. The van der Waals surface area contributed by atoms with Gasteiger partial charge in [0.05, 0.1) is 5.69 Å². The Bertz CT molecular complexity index is 1140. The summed E-state index contributed by atoms with van der Waals surface area (Å²) in [6.45, 7) is 9.63. The van der Waals surface area contributed by atoms with E-state index in [-0.39, 0.29) is 18.5 Å². The van der Waals surface area contributed by atoms with E-state index in [0.29, 0.717) is 11.4 Å². The first kappa shape index (κ1) is 24.0. The third kappa shape index (κ3) is 5.83. The van der Waals surface area contributed by atoms with Gasteiger partial charge in [-0.3, -0.25) is 4.79 Å². The summed E-state index contributed by atoms with van der Waals surface area (Å²) in [5.41, 5.74) is 3.48. The lowest BCUT2D eigenvalue weighted by atomic mass is 10.1. The van der Waals surface area contributed by atoms with Crippen LogP contribution < -0.4 is 5.32 Å². The molecule has 2 N–H and O–H groups in total. The summed E-state index contributed by atoms with van der Waals surface area (Å²) in [5.74, 6) is 0.00228. The summed E-state index contributed by atoms with van der Waals surface area (Å²) < 4.78 is 15.4. The van der Waals surface area contributed by atoms with E-state index in [9.17, 15) is 14.3 Å². The van der Waals surface area contributed by atoms with E-state index in [1.165, 1.54) is 37.2 Å². The van der Waals surface area contributed by atoms with Crippen molar-refractivity contribution in [1.29, 1.82) is 0 Å². The summed E-state index contributed by atoms with van der Waals surface area (Å²) in [6.07, 6.45) is 4.12. The molecule has 1 aliphatic rings. The molecule has 0 aliphatic carbocycles. The highest BCUT2D eigenvalue weighted by atomic mass is 19.1. The van der Waals surface area contributed by atoms with Gasteiger partial charge >= 0.3 is 0 Å². The number of hydrogen-bond donors (Lipinski definition) is 2. The van der Waals surface area contributed by atoms with Gasteiger partial charge in [-0.15, -0.1) is 0 Å². The number of hydrogen-bond acceptors (Lipinski definition) is 4. The van der Waals surface area contributed by atoms with Crippen molar-refractivity contribution in [2.24, 2.45) is 5.92 Å². The van der Waals surface area contributed by atoms with Crippen LogP contribution in [0, 0.1) is 11.7 Å². The number of benzene rings is 2. The Labute approximate surface area is 200 Å². The Hall–Kier alpha value is -3.19. The molecule has 34 heavy (non-hydrogen) atoms. The van der Waals surface area contributed by atoms with Gasteiger partial charge in [-0.25, -0.2) is 9.37 Å². The summed E-state index contributed by atoms with van der Waals surface area (Å²) in [7, 11) is 0. The second-order valence-corrected chi connectivity index (χ2v) is 9.61. The average molecular weight is 465 g/mol. The van der Waals surface area contributed by atoms with Crippen LogP contribution in [0.4, 0.5) is 4.39 Å². The fourth-order valence-corrected chi connectivity index (χ4v) is 4.44. The molecule has 1 saturated heterocycles. The maximum atomic E-state index is 13.6. The van der Waals surface area contributed by atoms with Crippen molar-refractivity contribution in [2.75, 3.05) is 19.6 Å². The van der Waals surface area contributed by atoms with Crippen LogP contribution in [0.2, 0.25) is 0 Å². The number of aromatic hydroxyl groups is 1. The largest absolute Gasteiger partial charge is 0.505 e. The molecule has 1 fully saturated rings. The predicted octanol–water partition coefficient (Wildman–Crippen LogP) is 4.47. The van der Waals surface area contributed by atoms with Crippen LogP contribution in [-0.2, 0) is 17.8 Å². The van der Waals surface area contributed by atoms with E-state index in [1.807, 2.05) is 20.0 Å². The minimum Gasteiger partial charge on any atom is -0.505 e. The van der Waals surface area contributed by atoms with Crippen molar-refractivity contribution in [3.8, 4) is 28.4 Å². The number of phenolic OH excluding ortho intramolecular Hbond substituents is 1. The maximum absolute atomic E-state index is 13.6. The van der Waals surface area contributed by atoms with Gasteiger partial charge in [0.15, 0.2) is 11.6 Å². The van der Waals surface area contributed by atoms with Gasteiger partial charge in [0.25, 0.3) is 0 Å². The Morgan fingerprint density at radius 2 is 1.94 bits per heavy atom. The third-order valence-electron chi connectivity index (χ3n) is 6.22. The Morgan fingerprint density at radius 1 is 1.21 bits per heavy atom. The van der Waals surface area contributed by atoms with Gasteiger partial charge in [-0.1, -0.05) is 31.2 Å². The molecule has 0 radical (unpaired) electrons. The van der Waals surface area contributed by atoms with Crippen LogP contribution in [0.3, 0.4) is 0 Å². The SMILES string of the molecule is CC1CCN(CCc2ccc(-c3cn(CC(=O)NC(C)C)c(-c4ccc(F)c(O)c4)n3)cc2)C1. The quantitative estimate of drug-likeness (QED) is 0.516. The first-order valence-electron chi connectivity index (χ1n) is 12.0. The average Bonchev–Trinajstić information content (AvgIpc) is 3.40. The fraction of sp³-hybridized carbons (Fsp3) is 0.407. The number of carbonyl (C=O) groups excluding carboxylic acids is 1. The number of amides is 1. The zero-order valence-electron chi connectivity index (χ0n) is 20.1. The highest BCUT2D eigenvalue weighted by Gasteiger charge is 2.18. The molecule has 1 unspecified atom stereocenters. The van der Waals surface area contributed by atoms with E-state index in [2.05, 4.69) is 41.4 Å². The van der Waals surface area contributed by atoms with Crippen molar-refractivity contribution in [3.05, 3.63) is 60.0 Å². The van der Waals surface area contributed by atoms with E-state index < -0.39 is 11.6 Å². The molecule has 0 spiro atoms. The molecule has 0 saturated carbocycles. The van der Waals surface area contributed by atoms with Gasteiger partial charge in [-0.2, -0.15) is 0 Å². The van der Waals surface area contributed by atoms with Gasteiger partial charge in [0, 0.05) is 36.5 Å². The van der Waals surface area contributed by atoms with Crippen LogP contribution in [0.5, 0.6) is 5.75 Å². The summed E-state index contributed by atoms with van der Waals surface area (Å²) in [4.78, 5) is 19.7. The zero-order chi connectivity index (χ0) is 24.2. The number of phenols is 1. The summed E-state index contributed by atoms with van der Waals surface area (Å²) >= 11 is 0. The van der Waals surface area contributed by atoms with Crippen LogP contribution >= 0.6 is 0 Å². The van der Waals surface area contributed by atoms with Crippen LogP contribution in [0.25, 0.3) is 22.6 Å². The highest BCUT2D eigenvalue weighted by molar-refractivity contribution is 5.77. The highest BCUT2D eigenvalue weighted by Crippen LogP contribution is 2.29. The van der Waals surface area contributed by atoms with Crippen LogP contribution in [-0.4, -0.2) is 51.1 Å². The number of aromatic nitrogens is 2. The molecule has 6 nitrogen and oxygen atoms in total. The first-order chi connectivity index (χ1) is 16.3. The molecule has 180 valence electrons.